The summed E-state index contributed by atoms with van der Waals surface area (Å²) in [4.78, 5) is 16.0. The van der Waals surface area contributed by atoms with Crippen LogP contribution in [0.3, 0.4) is 0 Å². The highest BCUT2D eigenvalue weighted by Gasteiger charge is 2.21. The Morgan fingerprint density at radius 1 is 1.48 bits per heavy atom. The molecule has 0 spiro atoms. The van der Waals surface area contributed by atoms with Gasteiger partial charge in [0.25, 0.3) is 5.91 Å². The molecule has 2 aromatic rings. The van der Waals surface area contributed by atoms with Gasteiger partial charge in [-0.15, -0.1) is 0 Å². The Labute approximate surface area is 135 Å². The van der Waals surface area contributed by atoms with Crippen molar-refractivity contribution in [1.82, 2.24) is 14.9 Å². The van der Waals surface area contributed by atoms with Gasteiger partial charge in [-0.1, -0.05) is 6.07 Å². The molecule has 1 heterocycles. The molecule has 7 nitrogen and oxygen atoms in total. The Morgan fingerprint density at radius 3 is 2.83 bits per heavy atom. The Kier molecular flexibility index (Phi) is 5.35. The smallest absolute Gasteiger partial charge is 0.284 e. The van der Waals surface area contributed by atoms with Crippen LogP contribution in [0.15, 0.2) is 18.2 Å². The highest BCUT2D eigenvalue weighted by molar-refractivity contribution is 5.93. The van der Waals surface area contributed by atoms with Gasteiger partial charge in [0, 0.05) is 20.2 Å². The molecule has 0 aliphatic rings. The fourth-order valence-electron chi connectivity index (χ4n) is 2.43. The second-order valence-corrected chi connectivity index (χ2v) is 6.19. The fourth-order valence-corrected chi connectivity index (χ4v) is 2.43. The van der Waals surface area contributed by atoms with E-state index in [2.05, 4.69) is 10.3 Å². The number of fused-ring (bicyclic) bond motifs is 1. The molecule has 1 aromatic heterocycles. The number of ether oxygens (including phenoxy) is 1. The summed E-state index contributed by atoms with van der Waals surface area (Å²) in [7, 11) is 1.66. The van der Waals surface area contributed by atoms with Crippen LogP contribution in [0, 0.1) is 0 Å². The van der Waals surface area contributed by atoms with Crippen molar-refractivity contribution in [2.45, 2.75) is 32.5 Å². The molecule has 0 aliphatic heterocycles. The summed E-state index contributed by atoms with van der Waals surface area (Å²) in [5, 5.41) is 13.3. The number of rotatable bonds is 8. The lowest BCUT2D eigenvalue weighted by molar-refractivity contribution is 0.0614. The van der Waals surface area contributed by atoms with E-state index in [1.807, 2.05) is 18.2 Å². The zero-order chi connectivity index (χ0) is 17.0. The number of nitrogens with zero attached hydrogens (tertiary/aromatic N) is 2. The molecule has 0 bridgehead atoms. The molecule has 1 aromatic carbocycles. The Balaban J connectivity index is 2.31. The lowest BCUT2D eigenvalue weighted by Gasteiger charge is -2.19. The number of primary amides is 1. The van der Waals surface area contributed by atoms with Crippen LogP contribution in [0.2, 0.25) is 0 Å². The molecule has 1 amide bonds. The summed E-state index contributed by atoms with van der Waals surface area (Å²) in [5.74, 6) is -0.447. The predicted octanol–water partition coefficient (Wildman–Crippen LogP) is 0.642. The van der Waals surface area contributed by atoms with Gasteiger partial charge in [0.1, 0.15) is 0 Å². The normalized spacial score (nSPS) is 12.0. The number of hydrogen-bond donors (Lipinski definition) is 3. The van der Waals surface area contributed by atoms with Gasteiger partial charge >= 0.3 is 0 Å². The van der Waals surface area contributed by atoms with Crippen molar-refractivity contribution in [3.63, 3.8) is 0 Å². The zero-order valence-electron chi connectivity index (χ0n) is 13.8. The SMILES string of the molecule is COCCNCc1ccc2c(c1)nc(C(N)=O)n2CC(C)(C)O. The summed E-state index contributed by atoms with van der Waals surface area (Å²) in [6.45, 7) is 5.69. The van der Waals surface area contributed by atoms with E-state index in [0.717, 1.165) is 17.6 Å². The van der Waals surface area contributed by atoms with E-state index in [4.69, 9.17) is 10.5 Å². The van der Waals surface area contributed by atoms with Crippen LogP contribution in [-0.4, -0.2) is 46.4 Å². The molecule has 7 heteroatoms. The molecule has 0 radical (unpaired) electrons. The molecule has 2 rings (SSSR count). The maximum atomic E-state index is 11.6. The first kappa shape index (κ1) is 17.4. The van der Waals surface area contributed by atoms with Crippen LogP contribution >= 0.6 is 0 Å². The number of nitrogens with one attached hydrogen (secondary N) is 1. The average molecular weight is 320 g/mol. The standard InChI is InChI=1S/C16H24N4O3/c1-16(2,22)10-20-13-5-4-11(9-18-6-7-23-3)8-12(13)19-15(20)14(17)21/h4-5,8,18,22H,6-7,9-10H2,1-3H3,(H2,17,21). The van der Waals surface area contributed by atoms with E-state index in [9.17, 15) is 9.90 Å². The molecular formula is C16H24N4O3. The molecule has 0 saturated carbocycles. The van der Waals surface area contributed by atoms with Gasteiger partial charge in [0.2, 0.25) is 0 Å². The predicted molar refractivity (Wildman–Crippen MR) is 88.1 cm³/mol. The van der Waals surface area contributed by atoms with Crippen LogP contribution in [-0.2, 0) is 17.8 Å². The van der Waals surface area contributed by atoms with E-state index >= 15 is 0 Å². The first-order valence-corrected chi connectivity index (χ1v) is 7.53. The number of benzene rings is 1. The average Bonchev–Trinajstić information content (AvgIpc) is 2.80. The first-order chi connectivity index (χ1) is 10.8. The zero-order valence-corrected chi connectivity index (χ0v) is 13.8. The molecule has 23 heavy (non-hydrogen) atoms. The molecular weight excluding hydrogens is 296 g/mol. The molecule has 126 valence electrons. The summed E-state index contributed by atoms with van der Waals surface area (Å²) in [5.41, 5.74) is 6.97. The number of carbonyl (C=O) groups excluding carboxylic acids is 1. The Bertz CT molecular complexity index is 688. The molecule has 0 aliphatic carbocycles. The number of aliphatic hydroxyl groups is 1. The van der Waals surface area contributed by atoms with Gasteiger partial charge in [-0.2, -0.15) is 0 Å². The highest BCUT2D eigenvalue weighted by atomic mass is 16.5. The van der Waals surface area contributed by atoms with Crippen molar-refractivity contribution in [3.05, 3.63) is 29.6 Å². The minimum Gasteiger partial charge on any atom is -0.389 e. The fraction of sp³-hybridized carbons (Fsp3) is 0.500. The van der Waals surface area contributed by atoms with Crippen LogP contribution in [0.4, 0.5) is 0 Å². The van der Waals surface area contributed by atoms with Crippen LogP contribution in [0.1, 0.15) is 30.0 Å². The Morgan fingerprint density at radius 2 is 2.22 bits per heavy atom. The van der Waals surface area contributed by atoms with E-state index < -0.39 is 11.5 Å². The number of carbonyl (C=O) groups is 1. The van der Waals surface area contributed by atoms with Crippen LogP contribution < -0.4 is 11.1 Å². The number of imidazole rings is 1. The quantitative estimate of drug-likeness (QED) is 0.620. The molecule has 4 N–H and O–H groups in total. The summed E-state index contributed by atoms with van der Waals surface area (Å²) in [6.07, 6.45) is 0. The van der Waals surface area contributed by atoms with Gasteiger partial charge in [-0.25, -0.2) is 4.98 Å². The molecule has 0 fully saturated rings. The lowest BCUT2D eigenvalue weighted by Crippen LogP contribution is -2.29. The lowest BCUT2D eigenvalue weighted by atomic mass is 10.1. The minimum atomic E-state index is -0.974. The largest absolute Gasteiger partial charge is 0.389 e. The number of amides is 1. The molecule has 0 atom stereocenters. The van der Waals surface area contributed by atoms with E-state index in [1.54, 1.807) is 25.5 Å². The maximum Gasteiger partial charge on any atom is 0.284 e. The summed E-state index contributed by atoms with van der Waals surface area (Å²) < 4.78 is 6.66. The van der Waals surface area contributed by atoms with Gasteiger partial charge in [-0.3, -0.25) is 4.79 Å². The third-order valence-corrected chi connectivity index (χ3v) is 3.39. The second-order valence-electron chi connectivity index (χ2n) is 6.19. The third-order valence-electron chi connectivity index (χ3n) is 3.39. The highest BCUT2D eigenvalue weighted by Crippen LogP contribution is 2.20. The summed E-state index contributed by atoms with van der Waals surface area (Å²) in [6, 6.07) is 5.78. The van der Waals surface area contributed by atoms with Crippen molar-refractivity contribution >= 4 is 16.9 Å². The topological polar surface area (TPSA) is 102 Å². The first-order valence-electron chi connectivity index (χ1n) is 7.53. The van der Waals surface area contributed by atoms with Gasteiger partial charge in [-0.05, 0) is 31.5 Å². The molecule has 0 saturated heterocycles. The van der Waals surface area contributed by atoms with Crippen molar-refractivity contribution in [3.8, 4) is 0 Å². The van der Waals surface area contributed by atoms with E-state index in [0.29, 0.717) is 18.7 Å². The number of aromatic nitrogens is 2. The summed E-state index contributed by atoms with van der Waals surface area (Å²) >= 11 is 0. The van der Waals surface area contributed by atoms with Gasteiger partial charge in [0.15, 0.2) is 5.82 Å². The number of nitrogens with two attached hydrogens (primary N) is 1. The second kappa shape index (κ2) is 7.08. The van der Waals surface area contributed by atoms with E-state index in [-0.39, 0.29) is 12.4 Å². The van der Waals surface area contributed by atoms with Crippen LogP contribution in [0.5, 0.6) is 0 Å². The number of hydrogen-bond acceptors (Lipinski definition) is 5. The van der Waals surface area contributed by atoms with Gasteiger partial charge in [0.05, 0.1) is 29.8 Å². The number of methoxy groups -OCH3 is 1. The minimum absolute atomic E-state index is 0.159. The Hall–Kier alpha value is -1.96. The monoisotopic (exact) mass is 320 g/mol. The third kappa shape index (κ3) is 4.51. The maximum absolute atomic E-state index is 11.6. The molecule has 0 unspecified atom stereocenters. The van der Waals surface area contributed by atoms with Gasteiger partial charge < -0.3 is 25.5 Å². The van der Waals surface area contributed by atoms with Crippen molar-refractivity contribution in [1.29, 1.82) is 0 Å². The van der Waals surface area contributed by atoms with Crippen molar-refractivity contribution in [2.24, 2.45) is 5.73 Å². The van der Waals surface area contributed by atoms with E-state index in [1.165, 1.54) is 0 Å². The van der Waals surface area contributed by atoms with Crippen molar-refractivity contribution < 1.29 is 14.6 Å². The van der Waals surface area contributed by atoms with Crippen LogP contribution in [0.25, 0.3) is 11.0 Å². The van der Waals surface area contributed by atoms with Crippen molar-refractivity contribution in [2.75, 3.05) is 20.3 Å².